The molecule has 1 heterocycles. The third-order valence-corrected chi connectivity index (χ3v) is 1.65. The standard InChI is InChI=1S/C8H13N/c1-3-5-6-9-7-8(9)4-2/h3-4,8H,1-2,5-7H2. The van der Waals surface area contributed by atoms with Crippen LogP contribution in [-0.2, 0) is 0 Å². The van der Waals surface area contributed by atoms with Crippen molar-refractivity contribution in [2.75, 3.05) is 13.1 Å². The van der Waals surface area contributed by atoms with Gasteiger partial charge in [-0.15, -0.1) is 13.2 Å². The third-order valence-electron chi connectivity index (χ3n) is 1.65. The maximum atomic E-state index is 3.71. The van der Waals surface area contributed by atoms with Crippen molar-refractivity contribution in [1.82, 2.24) is 4.90 Å². The first-order chi connectivity index (χ1) is 4.38. The molecule has 1 fully saturated rings. The van der Waals surface area contributed by atoms with Crippen molar-refractivity contribution in [1.29, 1.82) is 0 Å². The predicted octanol–water partition coefficient (Wildman–Crippen LogP) is 1.43. The highest BCUT2D eigenvalue weighted by Gasteiger charge is 2.28. The monoisotopic (exact) mass is 123 g/mol. The van der Waals surface area contributed by atoms with Gasteiger partial charge in [-0.25, -0.2) is 0 Å². The average Bonchev–Trinajstić information content (AvgIpc) is 2.62. The van der Waals surface area contributed by atoms with Gasteiger partial charge in [0.1, 0.15) is 0 Å². The highest BCUT2D eigenvalue weighted by Crippen LogP contribution is 2.17. The molecular weight excluding hydrogens is 110 g/mol. The molecule has 2 atom stereocenters. The molecule has 50 valence electrons. The van der Waals surface area contributed by atoms with Gasteiger partial charge in [0, 0.05) is 19.1 Å². The van der Waals surface area contributed by atoms with E-state index in [0.717, 1.165) is 13.0 Å². The highest BCUT2D eigenvalue weighted by atomic mass is 15.3. The van der Waals surface area contributed by atoms with Gasteiger partial charge in [-0.2, -0.15) is 0 Å². The topological polar surface area (TPSA) is 3.01 Å². The zero-order valence-corrected chi connectivity index (χ0v) is 5.71. The van der Waals surface area contributed by atoms with Gasteiger partial charge in [0.05, 0.1) is 0 Å². The molecular formula is C8H13N. The molecule has 2 unspecified atom stereocenters. The fourth-order valence-electron chi connectivity index (χ4n) is 0.931. The number of hydrogen-bond acceptors (Lipinski definition) is 1. The molecule has 0 N–H and O–H groups in total. The molecule has 1 aliphatic rings. The molecule has 0 aromatic carbocycles. The van der Waals surface area contributed by atoms with Crippen molar-refractivity contribution in [3.05, 3.63) is 25.3 Å². The summed E-state index contributed by atoms with van der Waals surface area (Å²) in [7, 11) is 0. The third kappa shape index (κ3) is 1.68. The molecule has 0 spiro atoms. The number of nitrogens with zero attached hydrogens (tertiary/aromatic N) is 1. The lowest BCUT2D eigenvalue weighted by atomic mass is 10.4. The van der Waals surface area contributed by atoms with Crippen LogP contribution in [0.1, 0.15) is 6.42 Å². The molecule has 0 radical (unpaired) electrons. The van der Waals surface area contributed by atoms with Crippen LogP contribution in [0.4, 0.5) is 0 Å². The van der Waals surface area contributed by atoms with E-state index in [1.807, 2.05) is 12.2 Å². The van der Waals surface area contributed by atoms with Crippen molar-refractivity contribution in [2.45, 2.75) is 12.5 Å². The molecule has 1 saturated heterocycles. The minimum Gasteiger partial charge on any atom is -0.293 e. The summed E-state index contributed by atoms with van der Waals surface area (Å²) in [5.41, 5.74) is 0. The normalized spacial score (nSPS) is 31.6. The molecule has 0 aromatic heterocycles. The first kappa shape index (κ1) is 6.56. The second kappa shape index (κ2) is 2.83. The Morgan fingerprint density at radius 2 is 2.33 bits per heavy atom. The Bertz CT molecular complexity index is 118. The fraction of sp³-hybridized carbons (Fsp3) is 0.500. The summed E-state index contributed by atoms with van der Waals surface area (Å²) in [4.78, 5) is 2.37. The summed E-state index contributed by atoms with van der Waals surface area (Å²) in [6.07, 6.45) is 5.06. The van der Waals surface area contributed by atoms with Crippen molar-refractivity contribution in [3.63, 3.8) is 0 Å². The van der Waals surface area contributed by atoms with Crippen LogP contribution in [0, 0.1) is 0 Å². The van der Waals surface area contributed by atoms with Crippen molar-refractivity contribution >= 4 is 0 Å². The lowest BCUT2D eigenvalue weighted by Crippen LogP contribution is -2.00. The van der Waals surface area contributed by atoms with Gasteiger partial charge < -0.3 is 0 Å². The molecule has 1 heteroatoms. The van der Waals surface area contributed by atoms with Gasteiger partial charge in [0.15, 0.2) is 0 Å². The number of rotatable bonds is 4. The maximum absolute atomic E-state index is 3.71. The van der Waals surface area contributed by atoms with Crippen LogP contribution in [0.15, 0.2) is 25.3 Å². The molecule has 0 aromatic rings. The first-order valence-electron chi connectivity index (χ1n) is 3.36. The van der Waals surface area contributed by atoms with Gasteiger partial charge in [-0.1, -0.05) is 12.2 Å². The highest BCUT2D eigenvalue weighted by molar-refractivity contribution is 5.02. The molecule has 1 rings (SSSR count). The Hall–Kier alpha value is -0.560. The molecule has 0 aliphatic carbocycles. The minimum atomic E-state index is 0.671. The SMILES string of the molecule is C=CCCN1CC1C=C. The van der Waals surface area contributed by atoms with Crippen LogP contribution in [0.25, 0.3) is 0 Å². The second-order valence-electron chi connectivity index (χ2n) is 2.38. The maximum Gasteiger partial charge on any atom is 0.0404 e. The second-order valence-corrected chi connectivity index (χ2v) is 2.38. The van der Waals surface area contributed by atoms with E-state index in [1.165, 1.54) is 6.54 Å². The van der Waals surface area contributed by atoms with E-state index < -0.39 is 0 Å². The van der Waals surface area contributed by atoms with E-state index in [1.54, 1.807) is 0 Å². The zero-order chi connectivity index (χ0) is 6.69. The fourth-order valence-corrected chi connectivity index (χ4v) is 0.931. The van der Waals surface area contributed by atoms with E-state index in [9.17, 15) is 0 Å². The number of hydrogen-bond donors (Lipinski definition) is 0. The molecule has 1 nitrogen and oxygen atoms in total. The van der Waals surface area contributed by atoms with Crippen LogP contribution in [0.2, 0.25) is 0 Å². The van der Waals surface area contributed by atoms with Gasteiger partial charge in [-0.3, -0.25) is 4.90 Å². The summed E-state index contributed by atoms with van der Waals surface area (Å²) >= 11 is 0. The zero-order valence-electron chi connectivity index (χ0n) is 5.71. The van der Waals surface area contributed by atoms with Crippen molar-refractivity contribution in [2.24, 2.45) is 0 Å². The molecule has 0 amide bonds. The Balaban J connectivity index is 2.04. The molecule has 0 bridgehead atoms. The minimum absolute atomic E-state index is 0.671. The van der Waals surface area contributed by atoms with Gasteiger partial charge >= 0.3 is 0 Å². The van der Waals surface area contributed by atoms with Crippen LogP contribution in [0.3, 0.4) is 0 Å². The Morgan fingerprint density at radius 1 is 1.56 bits per heavy atom. The van der Waals surface area contributed by atoms with E-state index >= 15 is 0 Å². The summed E-state index contributed by atoms with van der Waals surface area (Å²) in [6, 6.07) is 0.671. The van der Waals surface area contributed by atoms with Crippen molar-refractivity contribution in [3.8, 4) is 0 Å². The van der Waals surface area contributed by atoms with E-state index in [2.05, 4.69) is 18.1 Å². The first-order valence-corrected chi connectivity index (χ1v) is 3.36. The van der Waals surface area contributed by atoms with Crippen LogP contribution < -0.4 is 0 Å². The van der Waals surface area contributed by atoms with Gasteiger partial charge in [0.25, 0.3) is 0 Å². The van der Waals surface area contributed by atoms with Gasteiger partial charge in [-0.05, 0) is 6.42 Å². The Labute approximate surface area is 56.7 Å². The van der Waals surface area contributed by atoms with Crippen LogP contribution >= 0.6 is 0 Å². The van der Waals surface area contributed by atoms with Crippen LogP contribution in [0.5, 0.6) is 0 Å². The van der Waals surface area contributed by atoms with Gasteiger partial charge in [0.2, 0.25) is 0 Å². The van der Waals surface area contributed by atoms with E-state index in [0.29, 0.717) is 6.04 Å². The molecule has 1 aliphatic heterocycles. The predicted molar refractivity (Wildman–Crippen MR) is 40.4 cm³/mol. The summed E-state index contributed by atoms with van der Waals surface area (Å²) < 4.78 is 0. The molecule has 9 heavy (non-hydrogen) atoms. The average molecular weight is 123 g/mol. The smallest absolute Gasteiger partial charge is 0.0404 e. The quantitative estimate of drug-likeness (QED) is 0.403. The molecule has 0 saturated carbocycles. The van der Waals surface area contributed by atoms with Crippen molar-refractivity contribution < 1.29 is 0 Å². The van der Waals surface area contributed by atoms with E-state index in [4.69, 9.17) is 0 Å². The lowest BCUT2D eigenvalue weighted by Gasteiger charge is -1.94. The summed E-state index contributed by atoms with van der Waals surface area (Å²) in [5.74, 6) is 0. The summed E-state index contributed by atoms with van der Waals surface area (Å²) in [5, 5.41) is 0. The Kier molecular flexibility index (Phi) is 2.06. The Morgan fingerprint density at radius 3 is 2.78 bits per heavy atom. The largest absolute Gasteiger partial charge is 0.293 e. The summed E-state index contributed by atoms with van der Waals surface area (Å²) in [6.45, 7) is 9.73. The van der Waals surface area contributed by atoms with Crippen LogP contribution in [-0.4, -0.2) is 24.0 Å². The lowest BCUT2D eigenvalue weighted by molar-refractivity contribution is 0.541. The van der Waals surface area contributed by atoms with E-state index in [-0.39, 0.29) is 0 Å².